The molecule has 0 aliphatic heterocycles. The van der Waals surface area contributed by atoms with Gasteiger partial charge in [0, 0.05) is 0 Å². The second-order valence-electron chi connectivity index (χ2n) is 2.49. The molecule has 1 rings (SSSR count). The molecule has 1 N–H and O–H groups in total. The van der Waals surface area contributed by atoms with E-state index in [4.69, 9.17) is 7.85 Å². The van der Waals surface area contributed by atoms with Gasteiger partial charge in [-0.15, -0.1) is 0 Å². The zero-order chi connectivity index (χ0) is 9.35. The molecule has 1 nitrogen and oxygen atoms in total. The number of hydrogen-bond acceptors (Lipinski definition) is 1. The van der Waals surface area contributed by atoms with Crippen LogP contribution in [0.1, 0.15) is 19.4 Å². The van der Waals surface area contributed by atoms with Gasteiger partial charge in [0.05, 0.1) is 9.30 Å². The van der Waals surface area contributed by atoms with Crippen molar-refractivity contribution < 1.29 is 7.85 Å². The maximum atomic E-state index is 9.07. The maximum Gasteiger partial charge on any atom is 0.0682 e. The number of benzene rings is 1. The molecule has 0 bridgehead atoms. The summed E-state index contributed by atoms with van der Waals surface area (Å²) in [5.74, 6) is 0. The lowest BCUT2D eigenvalue weighted by Gasteiger charge is -1.99. The van der Waals surface area contributed by atoms with Crippen LogP contribution in [0.4, 0.5) is 0 Å². The first-order chi connectivity index (χ1) is 5.39. The van der Waals surface area contributed by atoms with Gasteiger partial charge in [-0.1, -0.05) is 29.3 Å². The van der Waals surface area contributed by atoms with Crippen LogP contribution < -0.4 is 0 Å². The van der Waals surface area contributed by atoms with Gasteiger partial charge in [0.15, 0.2) is 0 Å². The first kappa shape index (κ1) is 4.91. The van der Waals surface area contributed by atoms with Gasteiger partial charge < -0.3 is 5.11 Å². The van der Waals surface area contributed by atoms with Gasteiger partial charge in [-0.3, -0.25) is 0 Å². The molecule has 10 heavy (non-hydrogen) atoms. The molecule has 0 saturated heterocycles. The fraction of sp³-hybridized carbons (Fsp3) is 0.333. The van der Waals surface area contributed by atoms with Crippen LogP contribution in [0.5, 0.6) is 0 Å². The van der Waals surface area contributed by atoms with E-state index in [1.807, 2.05) is 19.9 Å². The summed E-state index contributed by atoms with van der Waals surface area (Å²) in [7, 11) is 0. The molecule has 1 aromatic carbocycles. The van der Waals surface area contributed by atoms with E-state index in [9.17, 15) is 0 Å². The highest BCUT2D eigenvalue weighted by atomic mass is 16.3. The summed E-state index contributed by atoms with van der Waals surface area (Å²) in [5.41, 5.74) is 2.24. The summed E-state index contributed by atoms with van der Waals surface area (Å²) < 4.78 is 14.2. The van der Waals surface area contributed by atoms with Crippen LogP contribution in [0.25, 0.3) is 0 Å². The minimum Gasteiger partial charge on any atom is -0.392 e. The fourth-order valence-corrected chi connectivity index (χ4v) is 1.04. The first-order valence-corrected chi connectivity index (χ1v) is 3.21. The predicted molar refractivity (Wildman–Crippen MR) is 41.8 cm³/mol. The third-order valence-electron chi connectivity index (χ3n) is 1.35. The third-order valence-corrected chi connectivity index (χ3v) is 1.35. The van der Waals surface area contributed by atoms with Crippen molar-refractivity contribution in [1.82, 2.24) is 0 Å². The number of aryl methyl sites for hydroxylation is 2. The van der Waals surface area contributed by atoms with Crippen LogP contribution in [0.2, 0.25) is 0 Å². The zero-order valence-electron chi connectivity index (χ0n) is 8.18. The van der Waals surface area contributed by atoms with E-state index >= 15 is 0 Å². The minimum atomic E-state index is -2.23. The van der Waals surface area contributed by atoms with Gasteiger partial charge in [0.1, 0.15) is 0 Å². The van der Waals surface area contributed by atoms with E-state index in [0.717, 1.165) is 11.1 Å². The van der Waals surface area contributed by atoms with E-state index < -0.39 is 6.56 Å². The fourth-order valence-electron chi connectivity index (χ4n) is 1.04. The molecule has 0 unspecified atom stereocenters. The van der Waals surface area contributed by atoms with Crippen LogP contribution in [0.3, 0.4) is 0 Å². The summed E-state index contributed by atoms with van der Waals surface area (Å²) in [6, 6.07) is 5.23. The summed E-state index contributed by atoms with van der Waals surface area (Å²) in [6.45, 7) is 1.53. The molecular weight excluding hydrogens is 124 g/mol. The van der Waals surface area contributed by atoms with Crippen LogP contribution in [-0.2, 0) is 6.56 Å². The average Bonchev–Trinajstić information content (AvgIpc) is 1.82. The average molecular weight is 138 g/mol. The quantitative estimate of drug-likeness (QED) is 0.627. The summed E-state index contributed by atoms with van der Waals surface area (Å²) in [4.78, 5) is 0. The zero-order valence-corrected chi connectivity index (χ0v) is 6.18. The maximum absolute atomic E-state index is 9.07. The highest BCUT2D eigenvalue weighted by molar-refractivity contribution is 5.27. The smallest absolute Gasteiger partial charge is 0.0682 e. The highest BCUT2D eigenvalue weighted by Gasteiger charge is 1.91. The Morgan fingerprint density at radius 2 is 1.80 bits per heavy atom. The summed E-state index contributed by atoms with van der Waals surface area (Å²) >= 11 is 0. The normalized spacial score (nSPS) is 14.3. The molecule has 0 atom stereocenters. The third kappa shape index (κ3) is 1.58. The molecule has 0 aromatic heterocycles. The molecule has 0 saturated carbocycles. The Labute approximate surface area is 64.1 Å². The van der Waals surface area contributed by atoms with Crippen molar-refractivity contribution in [2.24, 2.45) is 0 Å². The summed E-state index contributed by atoms with van der Waals surface area (Å²) in [5, 5.41) is 9.07. The molecule has 0 aliphatic rings. The summed E-state index contributed by atoms with van der Waals surface area (Å²) in [6.07, 6.45) is 0. The molecule has 1 heteroatoms. The predicted octanol–water partition coefficient (Wildman–Crippen LogP) is 1.80. The largest absolute Gasteiger partial charge is 0.392 e. The lowest BCUT2D eigenvalue weighted by molar-refractivity contribution is 0.281. The van der Waals surface area contributed by atoms with Crippen molar-refractivity contribution >= 4 is 0 Å². The number of rotatable bonds is 1. The Kier molecular flexibility index (Phi) is 1.40. The molecule has 0 amide bonds. The van der Waals surface area contributed by atoms with Gasteiger partial charge in [-0.25, -0.2) is 0 Å². The van der Waals surface area contributed by atoms with Crippen molar-refractivity contribution in [3.8, 4) is 0 Å². The second kappa shape index (κ2) is 2.84. The Morgan fingerprint density at radius 1 is 1.30 bits per heavy atom. The Hall–Kier alpha value is -0.820. The van der Waals surface area contributed by atoms with Crippen LogP contribution in [-0.4, -0.2) is 5.11 Å². The molecule has 1 aromatic rings. The second-order valence-corrected chi connectivity index (χ2v) is 2.49. The van der Waals surface area contributed by atoms with E-state index in [0.29, 0.717) is 5.56 Å². The number of aliphatic hydroxyl groups is 1. The lowest BCUT2D eigenvalue weighted by Crippen LogP contribution is -1.85. The Morgan fingerprint density at radius 3 is 2.20 bits per heavy atom. The van der Waals surface area contributed by atoms with Crippen LogP contribution in [0.15, 0.2) is 18.2 Å². The minimum absolute atomic E-state index is 0.319. The van der Waals surface area contributed by atoms with E-state index in [1.54, 1.807) is 12.1 Å². The standard InChI is InChI=1S/C9H12O/c1-7-3-8(2)5-9(4-7)6-10/h3-5,10H,6H2,1-2H3/i6D2. The lowest BCUT2D eigenvalue weighted by atomic mass is 10.1. The van der Waals surface area contributed by atoms with Gasteiger partial charge in [-0.05, 0) is 19.4 Å². The monoisotopic (exact) mass is 138 g/mol. The SMILES string of the molecule is [2H]C([2H])(O)c1cc(C)cc(C)c1. The van der Waals surface area contributed by atoms with Crippen molar-refractivity contribution in [2.45, 2.75) is 20.4 Å². The Balaban J connectivity index is 3.18. The molecule has 0 spiro atoms. The van der Waals surface area contributed by atoms with Gasteiger partial charge in [-0.2, -0.15) is 0 Å². The molecule has 0 radical (unpaired) electrons. The molecule has 0 heterocycles. The van der Waals surface area contributed by atoms with E-state index in [2.05, 4.69) is 0 Å². The van der Waals surface area contributed by atoms with Crippen LogP contribution in [0, 0.1) is 13.8 Å². The van der Waals surface area contributed by atoms with Crippen molar-refractivity contribution in [3.63, 3.8) is 0 Å². The van der Waals surface area contributed by atoms with Crippen molar-refractivity contribution in [3.05, 3.63) is 34.9 Å². The van der Waals surface area contributed by atoms with E-state index in [-0.39, 0.29) is 0 Å². The molecule has 0 fully saturated rings. The molecular formula is C9H12O. The van der Waals surface area contributed by atoms with Gasteiger partial charge in [0.25, 0.3) is 0 Å². The first-order valence-electron chi connectivity index (χ1n) is 4.21. The molecule has 54 valence electrons. The topological polar surface area (TPSA) is 20.2 Å². The Bertz CT molecular complexity index is 269. The van der Waals surface area contributed by atoms with Gasteiger partial charge >= 0.3 is 0 Å². The van der Waals surface area contributed by atoms with Crippen molar-refractivity contribution in [1.29, 1.82) is 0 Å². The number of hydrogen-bond donors (Lipinski definition) is 1. The molecule has 0 aliphatic carbocycles. The van der Waals surface area contributed by atoms with Crippen molar-refractivity contribution in [2.75, 3.05) is 0 Å². The van der Waals surface area contributed by atoms with Gasteiger partial charge in [0.2, 0.25) is 0 Å². The van der Waals surface area contributed by atoms with Crippen LogP contribution >= 0.6 is 0 Å². The van der Waals surface area contributed by atoms with E-state index in [1.165, 1.54) is 0 Å². The highest BCUT2D eigenvalue weighted by Crippen LogP contribution is 2.07.